The number of benzene rings is 1. The molecular weight excluding hydrogens is 400 g/mol. The molecule has 0 amide bonds. The van der Waals surface area contributed by atoms with Crippen molar-refractivity contribution < 1.29 is 5.11 Å². The Morgan fingerprint density at radius 3 is 2.13 bits per heavy atom. The molecule has 3 aliphatic rings. The zero-order chi connectivity index (χ0) is 21.5. The summed E-state index contributed by atoms with van der Waals surface area (Å²) in [4.78, 5) is 0. The molecule has 1 nitrogen and oxygen atoms in total. The first-order chi connectivity index (χ1) is 15.2. The van der Waals surface area contributed by atoms with Gasteiger partial charge < -0.3 is 5.11 Å². The highest BCUT2D eigenvalue weighted by Crippen LogP contribution is 2.46. The summed E-state index contributed by atoms with van der Waals surface area (Å²) in [5.41, 5.74) is 2.28. The zero-order valence-electron chi connectivity index (χ0n) is 18.7. The quantitative estimate of drug-likeness (QED) is 0.501. The second-order valence-corrected chi connectivity index (χ2v) is 9.98. The molecule has 3 aliphatic carbocycles. The van der Waals surface area contributed by atoms with Crippen molar-refractivity contribution in [1.29, 1.82) is 0 Å². The first kappa shape index (κ1) is 22.6. The molecule has 1 aromatic carbocycles. The zero-order valence-corrected chi connectivity index (χ0v) is 19.5. The number of halogens is 1. The molecule has 4 rings (SSSR count). The molecule has 0 saturated heterocycles. The highest BCUT2D eigenvalue weighted by molar-refractivity contribution is 6.30. The summed E-state index contributed by atoms with van der Waals surface area (Å²) in [6.45, 7) is 0. The standard InChI is InChI=1S/C29H37ClO/c30-28-18-12-11-17-27(28)29(31,25-15-9-6-10-16-25)26-21-19-24(20-22-26)23-13-7-4-2-1-3-5-8-14-23/h9,11-12,15-16,18-23,27,31H,1-8,10,13-14,17H2. The summed E-state index contributed by atoms with van der Waals surface area (Å²) in [6, 6.07) is 8.89. The lowest BCUT2D eigenvalue weighted by molar-refractivity contribution is 0.0337. The third kappa shape index (κ3) is 5.26. The molecule has 2 heteroatoms. The van der Waals surface area contributed by atoms with Crippen molar-refractivity contribution in [1.82, 2.24) is 0 Å². The summed E-state index contributed by atoms with van der Waals surface area (Å²) in [5, 5.41) is 12.9. The van der Waals surface area contributed by atoms with Crippen molar-refractivity contribution in [3.63, 3.8) is 0 Å². The van der Waals surface area contributed by atoms with E-state index in [4.69, 9.17) is 11.6 Å². The van der Waals surface area contributed by atoms with Gasteiger partial charge in [0.1, 0.15) is 5.60 Å². The van der Waals surface area contributed by atoms with Gasteiger partial charge in [0.2, 0.25) is 0 Å². The number of allylic oxidation sites excluding steroid dienone is 5. The SMILES string of the molecule is OC(C1=CCCC=C1)(c1ccc(C2CCCCCCCCC2)cc1)C1CC=CC=C1Cl. The third-order valence-electron chi connectivity index (χ3n) is 7.46. The molecular formula is C29H37ClO. The van der Waals surface area contributed by atoms with Crippen LogP contribution in [-0.2, 0) is 5.60 Å². The minimum Gasteiger partial charge on any atom is -0.380 e. The molecule has 0 aliphatic heterocycles. The molecule has 1 saturated carbocycles. The lowest BCUT2D eigenvalue weighted by Gasteiger charge is -2.39. The Kier molecular flexibility index (Phi) is 7.91. The Morgan fingerprint density at radius 1 is 0.839 bits per heavy atom. The van der Waals surface area contributed by atoms with E-state index >= 15 is 0 Å². The normalized spacial score (nSPS) is 25.4. The average molecular weight is 437 g/mol. The molecule has 1 N–H and O–H groups in total. The molecule has 0 heterocycles. The maximum absolute atomic E-state index is 12.2. The molecule has 0 radical (unpaired) electrons. The molecule has 1 aromatic rings. The van der Waals surface area contributed by atoms with Gasteiger partial charge in [0.05, 0.1) is 0 Å². The van der Waals surface area contributed by atoms with Crippen molar-refractivity contribution in [2.45, 2.75) is 88.6 Å². The van der Waals surface area contributed by atoms with Crippen molar-refractivity contribution in [2.75, 3.05) is 0 Å². The molecule has 0 spiro atoms. The van der Waals surface area contributed by atoms with Gasteiger partial charge in [-0.05, 0) is 60.8 Å². The molecule has 31 heavy (non-hydrogen) atoms. The van der Waals surface area contributed by atoms with E-state index in [1.54, 1.807) is 0 Å². The van der Waals surface area contributed by atoms with E-state index in [9.17, 15) is 5.11 Å². The van der Waals surface area contributed by atoms with E-state index in [0.717, 1.165) is 35.4 Å². The van der Waals surface area contributed by atoms with Crippen LogP contribution in [0.4, 0.5) is 0 Å². The Hall–Kier alpha value is -1.57. The van der Waals surface area contributed by atoms with Gasteiger partial charge in [-0.3, -0.25) is 0 Å². The number of aliphatic hydroxyl groups is 1. The lowest BCUT2D eigenvalue weighted by atomic mass is 9.71. The van der Waals surface area contributed by atoms with Crippen LogP contribution in [0.25, 0.3) is 0 Å². The van der Waals surface area contributed by atoms with Gasteiger partial charge in [-0.2, -0.15) is 0 Å². The predicted molar refractivity (Wildman–Crippen MR) is 132 cm³/mol. The Balaban J connectivity index is 1.61. The van der Waals surface area contributed by atoms with E-state index in [1.165, 1.54) is 63.4 Å². The molecule has 2 unspecified atom stereocenters. The summed E-state index contributed by atoms with van der Waals surface area (Å²) >= 11 is 6.65. The van der Waals surface area contributed by atoms with Crippen LogP contribution in [0.1, 0.15) is 94.1 Å². The van der Waals surface area contributed by atoms with Crippen LogP contribution < -0.4 is 0 Å². The van der Waals surface area contributed by atoms with E-state index in [1.807, 2.05) is 12.2 Å². The summed E-state index contributed by atoms with van der Waals surface area (Å²) < 4.78 is 0. The van der Waals surface area contributed by atoms with E-state index in [-0.39, 0.29) is 5.92 Å². The van der Waals surface area contributed by atoms with Crippen LogP contribution in [-0.4, -0.2) is 5.11 Å². The smallest absolute Gasteiger partial charge is 0.122 e. The fraction of sp³-hybridized carbons (Fsp3) is 0.517. The summed E-state index contributed by atoms with van der Waals surface area (Å²) in [6.07, 6.45) is 27.5. The molecule has 166 valence electrons. The number of hydrogen-bond donors (Lipinski definition) is 1. The highest BCUT2D eigenvalue weighted by Gasteiger charge is 2.42. The van der Waals surface area contributed by atoms with Gasteiger partial charge in [-0.25, -0.2) is 0 Å². The highest BCUT2D eigenvalue weighted by atomic mass is 35.5. The monoisotopic (exact) mass is 436 g/mol. The van der Waals surface area contributed by atoms with Gasteiger partial charge in [0.25, 0.3) is 0 Å². The van der Waals surface area contributed by atoms with Crippen LogP contribution in [0.5, 0.6) is 0 Å². The molecule has 0 aromatic heterocycles. The van der Waals surface area contributed by atoms with Crippen molar-refractivity contribution in [3.8, 4) is 0 Å². The number of rotatable bonds is 4. The van der Waals surface area contributed by atoms with E-state index < -0.39 is 5.60 Å². The van der Waals surface area contributed by atoms with Crippen LogP contribution in [0.15, 0.2) is 71.3 Å². The van der Waals surface area contributed by atoms with Crippen molar-refractivity contribution in [2.24, 2.45) is 5.92 Å². The van der Waals surface area contributed by atoms with Gasteiger partial charge >= 0.3 is 0 Å². The van der Waals surface area contributed by atoms with Gasteiger partial charge in [-0.15, -0.1) is 0 Å². The lowest BCUT2D eigenvalue weighted by Crippen LogP contribution is -2.38. The molecule has 1 fully saturated rings. The largest absolute Gasteiger partial charge is 0.380 e. The Morgan fingerprint density at radius 2 is 1.52 bits per heavy atom. The Labute approximate surface area is 193 Å². The fourth-order valence-corrected chi connectivity index (χ4v) is 5.91. The van der Waals surface area contributed by atoms with Crippen LogP contribution in [0, 0.1) is 5.92 Å². The van der Waals surface area contributed by atoms with Crippen LogP contribution in [0.3, 0.4) is 0 Å². The van der Waals surface area contributed by atoms with Crippen molar-refractivity contribution in [3.05, 3.63) is 82.5 Å². The number of hydrogen-bond acceptors (Lipinski definition) is 1. The van der Waals surface area contributed by atoms with Crippen LogP contribution >= 0.6 is 11.6 Å². The molecule has 0 bridgehead atoms. The first-order valence-electron chi connectivity index (χ1n) is 12.4. The Bertz CT molecular complexity index is 834. The topological polar surface area (TPSA) is 20.2 Å². The average Bonchev–Trinajstić information content (AvgIpc) is 2.83. The fourth-order valence-electron chi connectivity index (χ4n) is 5.59. The first-order valence-corrected chi connectivity index (χ1v) is 12.8. The van der Waals surface area contributed by atoms with Crippen molar-refractivity contribution >= 4 is 11.6 Å². The summed E-state index contributed by atoms with van der Waals surface area (Å²) in [5.74, 6) is 0.503. The molecule has 2 atom stereocenters. The maximum Gasteiger partial charge on any atom is 0.122 e. The predicted octanol–water partition coefficient (Wildman–Crippen LogP) is 8.46. The minimum atomic E-state index is -1.09. The van der Waals surface area contributed by atoms with E-state index in [2.05, 4.69) is 48.6 Å². The minimum absolute atomic E-state index is 0.146. The maximum atomic E-state index is 12.2. The van der Waals surface area contributed by atoms with Gasteiger partial charge in [0.15, 0.2) is 0 Å². The van der Waals surface area contributed by atoms with E-state index in [0.29, 0.717) is 5.92 Å². The van der Waals surface area contributed by atoms with Crippen LogP contribution in [0.2, 0.25) is 0 Å². The van der Waals surface area contributed by atoms with Gasteiger partial charge in [-0.1, -0.05) is 111 Å². The third-order valence-corrected chi connectivity index (χ3v) is 7.85. The second-order valence-electron chi connectivity index (χ2n) is 9.54. The van der Waals surface area contributed by atoms with Gasteiger partial charge in [0, 0.05) is 11.0 Å². The summed E-state index contributed by atoms with van der Waals surface area (Å²) in [7, 11) is 0. The second kappa shape index (κ2) is 10.8.